The number of aryl methyl sites for hydroxylation is 2. The van der Waals surface area contributed by atoms with Crippen LogP contribution in [0, 0.1) is 10.1 Å². The van der Waals surface area contributed by atoms with E-state index in [1.165, 1.54) is 10.9 Å². The molecular weight excluding hydrogens is 392 g/mol. The first-order valence-corrected chi connectivity index (χ1v) is 7.95. The van der Waals surface area contributed by atoms with Crippen LogP contribution in [0.4, 0.5) is 5.82 Å². The maximum Gasteiger partial charge on any atom is 0.404 e. The van der Waals surface area contributed by atoms with E-state index in [0.29, 0.717) is 22.6 Å². The minimum absolute atomic E-state index is 0.141. The molecule has 2 rings (SSSR count). The lowest BCUT2D eigenvalue weighted by Crippen LogP contribution is -2.26. The molecule has 0 aliphatic carbocycles. The van der Waals surface area contributed by atoms with E-state index >= 15 is 0 Å². The first kappa shape index (κ1) is 17.4. The van der Waals surface area contributed by atoms with Gasteiger partial charge in [0, 0.05) is 25.7 Å². The molecule has 124 valence electrons. The molecule has 0 bridgehead atoms. The summed E-state index contributed by atoms with van der Waals surface area (Å²) in [4.78, 5) is 21.8. The molecule has 1 amide bonds. The Kier molecular flexibility index (Phi) is 6.11. The van der Waals surface area contributed by atoms with Crippen molar-refractivity contribution >= 4 is 39.3 Å². The van der Waals surface area contributed by atoms with E-state index in [0.717, 1.165) is 6.42 Å². The van der Waals surface area contributed by atoms with E-state index in [2.05, 4.69) is 31.4 Å². The highest BCUT2D eigenvalue weighted by Crippen LogP contribution is 2.21. The first-order chi connectivity index (χ1) is 11.0. The predicted molar refractivity (Wildman–Crippen MR) is 86.1 cm³/mol. The van der Waals surface area contributed by atoms with E-state index in [4.69, 9.17) is 11.6 Å². The molecule has 0 fully saturated rings. The predicted octanol–water partition coefficient (Wildman–Crippen LogP) is 2.00. The zero-order valence-electron chi connectivity index (χ0n) is 12.0. The molecule has 2 heterocycles. The van der Waals surface area contributed by atoms with E-state index in [-0.39, 0.29) is 24.7 Å². The third-order valence-corrected chi connectivity index (χ3v) is 3.68. The average Bonchev–Trinajstić information content (AvgIpc) is 3.07. The van der Waals surface area contributed by atoms with Crippen molar-refractivity contribution in [3.63, 3.8) is 0 Å². The molecule has 0 saturated carbocycles. The summed E-state index contributed by atoms with van der Waals surface area (Å²) in [7, 11) is 0. The molecule has 23 heavy (non-hydrogen) atoms. The molecular formula is C12H14BrClN6O3. The number of halogens is 2. The van der Waals surface area contributed by atoms with E-state index in [9.17, 15) is 14.9 Å². The summed E-state index contributed by atoms with van der Waals surface area (Å²) in [6.45, 7) is 1.44. The van der Waals surface area contributed by atoms with Crippen molar-refractivity contribution in [2.75, 3.05) is 6.54 Å². The van der Waals surface area contributed by atoms with Crippen LogP contribution in [0.25, 0.3) is 0 Å². The van der Waals surface area contributed by atoms with E-state index in [1.54, 1.807) is 17.1 Å². The molecule has 0 aromatic carbocycles. The van der Waals surface area contributed by atoms with Gasteiger partial charge >= 0.3 is 5.82 Å². The summed E-state index contributed by atoms with van der Waals surface area (Å²) >= 11 is 8.81. The number of carbonyl (C=O) groups excluding carboxylic acids is 1. The van der Waals surface area contributed by atoms with Crippen LogP contribution in [0.2, 0.25) is 5.02 Å². The van der Waals surface area contributed by atoms with Crippen LogP contribution >= 0.6 is 27.5 Å². The maximum atomic E-state index is 11.7. The van der Waals surface area contributed by atoms with Gasteiger partial charge in [-0.15, -0.1) is 0 Å². The molecule has 0 radical (unpaired) electrons. The second kappa shape index (κ2) is 8.06. The Morgan fingerprint density at radius 3 is 2.78 bits per heavy atom. The van der Waals surface area contributed by atoms with Gasteiger partial charge in [-0.3, -0.25) is 9.48 Å². The summed E-state index contributed by atoms with van der Waals surface area (Å²) < 4.78 is 3.36. The highest BCUT2D eigenvalue weighted by Gasteiger charge is 2.18. The molecule has 0 aliphatic rings. The summed E-state index contributed by atoms with van der Waals surface area (Å²) in [6.07, 6.45) is 5.67. The number of nitro groups is 1. The topological polar surface area (TPSA) is 108 Å². The molecule has 1 N–H and O–H groups in total. The van der Waals surface area contributed by atoms with Gasteiger partial charge in [-0.1, -0.05) is 11.6 Å². The van der Waals surface area contributed by atoms with Crippen LogP contribution in [0.3, 0.4) is 0 Å². The fourth-order valence-corrected chi connectivity index (χ4v) is 2.48. The summed E-state index contributed by atoms with van der Waals surface area (Å²) in [6, 6.07) is 0. The largest absolute Gasteiger partial charge is 0.404 e. The van der Waals surface area contributed by atoms with Gasteiger partial charge in [0.05, 0.1) is 29.1 Å². The zero-order chi connectivity index (χ0) is 16.8. The number of nitrogens with one attached hydrogen (secondary N) is 1. The zero-order valence-corrected chi connectivity index (χ0v) is 14.3. The van der Waals surface area contributed by atoms with Crippen LogP contribution in [0.1, 0.15) is 12.8 Å². The normalized spacial score (nSPS) is 10.7. The lowest BCUT2D eigenvalue weighted by Gasteiger charge is -2.04. The molecule has 9 nitrogen and oxygen atoms in total. The molecule has 0 aliphatic heterocycles. The number of nitrogens with zero attached hydrogens (tertiary/aromatic N) is 5. The standard InChI is InChI=1S/C12H14BrClN6O3/c13-10-8-19(17-12(10)20(22)23)5-2-11(21)15-3-1-4-18-7-9(14)6-16-18/h6-8H,1-5H2,(H,15,21). The van der Waals surface area contributed by atoms with Gasteiger partial charge in [0.1, 0.15) is 4.47 Å². The third-order valence-electron chi connectivity index (χ3n) is 2.93. The fourth-order valence-electron chi connectivity index (χ4n) is 1.86. The summed E-state index contributed by atoms with van der Waals surface area (Å²) in [5.74, 6) is -0.402. The Hall–Kier alpha value is -1.94. The lowest BCUT2D eigenvalue weighted by atomic mass is 10.3. The Morgan fingerprint density at radius 1 is 1.39 bits per heavy atom. The Balaban J connectivity index is 1.67. The fraction of sp³-hybridized carbons (Fsp3) is 0.417. The maximum absolute atomic E-state index is 11.7. The number of aromatic nitrogens is 4. The monoisotopic (exact) mass is 404 g/mol. The average molecular weight is 406 g/mol. The molecule has 0 saturated heterocycles. The Bertz CT molecular complexity index is 701. The van der Waals surface area contributed by atoms with Crippen LogP contribution < -0.4 is 5.32 Å². The lowest BCUT2D eigenvalue weighted by molar-refractivity contribution is -0.390. The third kappa shape index (κ3) is 5.32. The van der Waals surface area contributed by atoms with Gasteiger partial charge < -0.3 is 15.4 Å². The number of carbonyl (C=O) groups is 1. The SMILES string of the molecule is O=C(CCn1cc(Br)c([N+](=O)[O-])n1)NCCCn1cc(Cl)cn1. The quantitative estimate of drug-likeness (QED) is 0.410. The van der Waals surface area contributed by atoms with Crippen molar-refractivity contribution in [2.24, 2.45) is 0 Å². The van der Waals surface area contributed by atoms with Gasteiger partial charge in [0.25, 0.3) is 0 Å². The second-order valence-corrected chi connectivity index (χ2v) is 5.99. The van der Waals surface area contributed by atoms with E-state index < -0.39 is 4.92 Å². The summed E-state index contributed by atoms with van der Waals surface area (Å²) in [5, 5.41) is 21.8. The van der Waals surface area contributed by atoms with Gasteiger partial charge in [0.15, 0.2) is 0 Å². The van der Waals surface area contributed by atoms with Crippen LogP contribution in [-0.4, -0.2) is 36.9 Å². The van der Waals surface area contributed by atoms with E-state index in [1.807, 2.05) is 0 Å². The number of hydrogen-bond acceptors (Lipinski definition) is 5. The van der Waals surface area contributed by atoms with Crippen molar-refractivity contribution in [1.29, 1.82) is 0 Å². The molecule has 2 aromatic rings. The number of amides is 1. The van der Waals surface area contributed by atoms with Gasteiger partial charge in [-0.2, -0.15) is 9.78 Å². The number of rotatable bonds is 8. The molecule has 0 unspecified atom stereocenters. The van der Waals surface area contributed by atoms with Crippen molar-refractivity contribution < 1.29 is 9.72 Å². The van der Waals surface area contributed by atoms with Crippen molar-refractivity contribution in [1.82, 2.24) is 24.9 Å². The van der Waals surface area contributed by atoms with Crippen LogP contribution in [0.15, 0.2) is 23.1 Å². The first-order valence-electron chi connectivity index (χ1n) is 6.77. The Morgan fingerprint density at radius 2 is 2.17 bits per heavy atom. The number of hydrogen-bond donors (Lipinski definition) is 1. The molecule has 0 spiro atoms. The van der Waals surface area contributed by atoms with Crippen LogP contribution in [0.5, 0.6) is 0 Å². The van der Waals surface area contributed by atoms with Gasteiger partial charge in [-0.25, -0.2) is 0 Å². The van der Waals surface area contributed by atoms with Crippen LogP contribution in [-0.2, 0) is 17.9 Å². The molecule has 2 aromatic heterocycles. The summed E-state index contributed by atoms with van der Waals surface area (Å²) in [5.41, 5.74) is 0. The van der Waals surface area contributed by atoms with Crippen molar-refractivity contribution in [3.8, 4) is 0 Å². The molecule has 11 heteroatoms. The smallest absolute Gasteiger partial charge is 0.358 e. The van der Waals surface area contributed by atoms with Gasteiger partial charge in [0.2, 0.25) is 5.91 Å². The van der Waals surface area contributed by atoms with Crippen molar-refractivity contribution in [2.45, 2.75) is 25.9 Å². The highest BCUT2D eigenvalue weighted by molar-refractivity contribution is 9.10. The minimum atomic E-state index is -0.581. The minimum Gasteiger partial charge on any atom is -0.358 e. The molecule has 0 atom stereocenters. The second-order valence-electron chi connectivity index (χ2n) is 4.70. The highest BCUT2D eigenvalue weighted by atomic mass is 79.9. The van der Waals surface area contributed by atoms with Crippen molar-refractivity contribution in [3.05, 3.63) is 38.2 Å². The Labute approximate surface area is 144 Å². The van der Waals surface area contributed by atoms with Gasteiger partial charge in [-0.05, 0) is 27.3 Å².